The molecule has 2 fully saturated rings. The number of imide groups is 1. The van der Waals surface area contributed by atoms with E-state index in [1.54, 1.807) is 0 Å². The van der Waals surface area contributed by atoms with Crippen molar-refractivity contribution in [1.82, 2.24) is 0 Å². The highest BCUT2D eigenvalue weighted by molar-refractivity contribution is 6.17. The minimum absolute atomic E-state index is 0.144. The van der Waals surface area contributed by atoms with Gasteiger partial charge in [-0.15, -0.1) is 0 Å². The highest BCUT2D eigenvalue weighted by atomic mass is 19.1. The molecular formula is C15H15F2NO2. The molecule has 2 amide bonds. The van der Waals surface area contributed by atoms with Gasteiger partial charge in [-0.2, -0.15) is 0 Å². The van der Waals surface area contributed by atoms with Gasteiger partial charge in [0.25, 0.3) is 0 Å². The number of rotatable bonds is 1. The van der Waals surface area contributed by atoms with Crippen LogP contribution in [-0.4, -0.2) is 11.8 Å². The summed E-state index contributed by atoms with van der Waals surface area (Å²) >= 11 is 0. The van der Waals surface area contributed by atoms with E-state index in [-0.39, 0.29) is 35.8 Å². The van der Waals surface area contributed by atoms with Crippen LogP contribution >= 0.6 is 0 Å². The summed E-state index contributed by atoms with van der Waals surface area (Å²) in [5.74, 6) is -2.37. The van der Waals surface area contributed by atoms with Gasteiger partial charge in [0, 0.05) is 18.9 Å². The number of piperidine rings is 1. The second-order valence-corrected chi connectivity index (χ2v) is 5.78. The van der Waals surface area contributed by atoms with E-state index in [0.717, 1.165) is 42.7 Å². The first kappa shape index (κ1) is 13.2. The number of carbonyl (C=O) groups excluding carboxylic acids is 2. The highest BCUT2D eigenvalue weighted by Crippen LogP contribution is 2.47. The van der Waals surface area contributed by atoms with E-state index in [1.807, 2.05) is 0 Å². The van der Waals surface area contributed by atoms with Gasteiger partial charge in [-0.3, -0.25) is 9.59 Å². The van der Waals surface area contributed by atoms with Crippen LogP contribution in [0.3, 0.4) is 0 Å². The molecule has 1 spiro atoms. The van der Waals surface area contributed by atoms with Crippen LogP contribution in [0.2, 0.25) is 0 Å². The number of halogens is 2. The van der Waals surface area contributed by atoms with Crippen molar-refractivity contribution < 1.29 is 18.4 Å². The maximum Gasteiger partial charge on any atom is 0.234 e. The van der Waals surface area contributed by atoms with Crippen molar-refractivity contribution >= 4 is 17.5 Å². The zero-order chi connectivity index (χ0) is 14.3. The molecule has 1 saturated carbocycles. The minimum Gasteiger partial charge on any atom is -0.274 e. The summed E-state index contributed by atoms with van der Waals surface area (Å²) < 4.78 is 26.7. The number of hydrogen-bond donors (Lipinski definition) is 0. The number of benzene rings is 1. The van der Waals surface area contributed by atoms with Gasteiger partial charge in [-0.25, -0.2) is 13.7 Å². The summed E-state index contributed by atoms with van der Waals surface area (Å²) in [6, 6.07) is 2.89. The van der Waals surface area contributed by atoms with Crippen molar-refractivity contribution in [1.29, 1.82) is 0 Å². The summed E-state index contributed by atoms with van der Waals surface area (Å²) in [6.07, 6.45) is 4.37. The summed E-state index contributed by atoms with van der Waals surface area (Å²) in [7, 11) is 0. The maximum atomic E-state index is 13.8. The van der Waals surface area contributed by atoms with Gasteiger partial charge in [0.1, 0.15) is 11.6 Å². The summed E-state index contributed by atoms with van der Waals surface area (Å²) in [5.41, 5.74) is -0.365. The van der Waals surface area contributed by atoms with Crippen LogP contribution < -0.4 is 4.90 Å². The van der Waals surface area contributed by atoms with E-state index < -0.39 is 11.6 Å². The van der Waals surface area contributed by atoms with Gasteiger partial charge in [-0.05, 0) is 30.4 Å². The van der Waals surface area contributed by atoms with Gasteiger partial charge in [0.05, 0.1) is 5.69 Å². The molecule has 20 heavy (non-hydrogen) atoms. The SMILES string of the molecule is O=C1CC2(CCCC2)CC(=O)N1c1ccc(F)cc1F. The number of carbonyl (C=O) groups is 2. The Morgan fingerprint density at radius 3 is 2.15 bits per heavy atom. The zero-order valence-electron chi connectivity index (χ0n) is 11.0. The lowest BCUT2D eigenvalue weighted by Crippen LogP contribution is -2.47. The molecule has 3 nitrogen and oxygen atoms in total. The van der Waals surface area contributed by atoms with Crippen molar-refractivity contribution in [3.63, 3.8) is 0 Å². The quantitative estimate of drug-likeness (QED) is 0.740. The first-order chi connectivity index (χ1) is 9.51. The first-order valence-corrected chi connectivity index (χ1v) is 6.82. The Hall–Kier alpha value is -1.78. The average molecular weight is 279 g/mol. The smallest absolute Gasteiger partial charge is 0.234 e. The molecule has 0 unspecified atom stereocenters. The topological polar surface area (TPSA) is 37.4 Å². The standard InChI is InChI=1S/C15H15F2NO2/c16-10-3-4-12(11(17)7-10)18-13(19)8-15(9-14(18)20)5-1-2-6-15/h3-4,7H,1-2,5-6,8-9H2. The van der Waals surface area contributed by atoms with Crippen LogP contribution in [0.15, 0.2) is 18.2 Å². The Balaban J connectivity index is 1.91. The van der Waals surface area contributed by atoms with Crippen LogP contribution in [-0.2, 0) is 9.59 Å². The predicted molar refractivity (Wildman–Crippen MR) is 69.0 cm³/mol. The van der Waals surface area contributed by atoms with Gasteiger partial charge >= 0.3 is 0 Å². The fraction of sp³-hybridized carbons (Fsp3) is 0.467. The summed E-state index contributed by atoms with van der Waals surface area (Å²) in [6.45, 7) is 0. The van der Waals surface area contributed by atoms with Crippen molar-refractivity contribution in [2.24, 2.45) is 5.41 Å². The molecule has 106 valence electrons. The molecule has 1 heterocycles. The molecule has 1 aromatic rings. The fourth-order valence-corrected chi connectivity index (χ4v) is 3.41. The predicted octanol–water partition coefficient (Wildman–Crippen LogP) is 3.18. The van der Waals surface area contributed by atoms with Crippen LogP contribution in [0.1, 0.15) is 38.5 Å². The third kappa shape index (κ3) is 2.11. The minimum atomic E-state index is -0.880. The lowest BCUT2D eigenvalue weighted by Gasteiger charge is -2.37. The normalized spacial score (nSPS) is 21.8. The molecule has 1 aromatic carbocycles. The van der Waals surface area contributed by atoms with Gasteiger partial charge < -0.3 is 0 Å². The highest BCUT2D eigenvalue weighted by Gasteiger charge is 2.45. The molecule has 0 aromatic heterocycles. The second kappa shape index (κ2) is 4.65. The van der Waals surface area contributed by atoms with Crippen LogP contribution in [0.4, 0.5) is 14.5 Å². The third-order valence-corrected chi connectivity index (χ3v) is 4.37. The first-order valence-electron chi connectivity index (χ1n) is 6.82. The Kier molecular flexibility index (Phi) is 3.07. The Morgan fingerprint density at radius 1 is 1.00 bits per heavy atom. The molecule has 2 aliphatic rings. The molecule has 1 aliphatic carbocycles. The molecule has 3 rings (SSSR count). The summed E-state index contributed by atoms with van der Waals surface area (Å²) in [4.78, 5) is 25.4. The lowest BCUT2D eigenvalue weighted by molar-refractivity contribution is -0.133. The van der Waals surface area contributed by atoms with Crippen LogP contribution in [0.5, 0.6) is 0 Å². The number of amides is 2. The van der Waals surface area contributed by atoms with Gasteiger partial charge in [-0.1, -0.05) is 12.8 Å². The van der Waals surface area contributed by atoms with Crippen molar-refractivity contribution in [2.75, 3.05) is 4.90 Å². The van der Waals surface area contributed by atoms with E-state index in [0.29, 0.717) is 6.07 Å². The molecule has 0 radical (unpaired) electrons. The third-order valence-electron chi connectivity index (χ3n) is 4.37. The molecule has 0 bridgehead atoms. The van der Waals surface area contributed by atoms with Crippen molar-refractivity contribution in [2.45, 2.75) is 38.5 Å². The monoisotopic (exact) mass is 279 g/mol. The van der Waals surface area contributed by atoms with Crippen molar-refractivity contribution in [3.05, 3.63) is 29.8 Å². The average Bonchev–Trinajstić information content (AvgIpc) is 2.79. The molecule has 0 N–H and O–H groups in total. The molecular weight excluding hydrogens is 264 g/mol. The Morgan fingerprint density at radius 2 is 1.60 bits per heavy atom. The molecule has 5 heteroatoms. The largest absolute Gasteiger partial charge is 0.274 e. The number of hydrogen-bond acceptors (Lipinski definition) is 2. The van der Waals surface area contributed by atoms with E-state index in [9.17, 15) is 18.4 Å². The van der Waals surface area contributed by atoms with E-state index in [2.05, 4.69) is 0 Å². The van der Waals surface area contributed by atoms with E-state index in [4.69, 9.17) is 0 Å². The lowest BCUT2D eigenvalue weighted by atomic mass is 9.76. The molecule has 1 saturated heterocycles. The van der Waals surface area contributed by atoms with Gasteiger partial charge in [0.15, 0.2) is 0 Å². The van der Waals surface area contributed by atoms with Crippen LogP contribution in [0, 0.1) is 17.0 Å². The number of anilines is 1. The van der Waals surface area contributed by atoms with Gasteiger partial charge in [0.2, 0.25) is 11.8 Å². The Bertz CT molecular complexity index is 559. The van der Waals surface area contributed by atoms with Crippen molar-refractivity contribution in [3.8, 4) is 0 Å². The Labute approximate surface area is 115 Å². The molecule has 1 aliphatic heterocycles. The second-order valence-electron chi connectivity index (χ2n) is 5.78. The summed E-state index contributed by atoms with van der Waals surface area (Å²) in [5, 5.41) is 0. The number of nitrogens with zero attached hydrogens (tertiary/aromatic N) is 1. The molecule has 0 atom stereocenters. The maximum absolute atomic E-state index is 13.8. The van der Waals surface area contributed by atoms with E-state index >= 15 is 0 Å². The zero-order valence-corrected chi connectivity index (χ0v) is 11.0. The van der Waals surface area contributed by atoms with Crippen LogP contribution in [0.25, 0.3) is 0 Å². The fourth-order valence-electron chi connectivity index (χ4n) is 3.41. The van der Waals surface area contributed by atoms with E-state index in [1.165, 1.54) is 0 Å².